The van der Waals surface area contributed by atoms with Gasteiger partial charge in [-0.25, -0.2) is 0 Å². The maximum Gasteiger partial charge on any atom is -0.0445 e. The highest BCUT2D eigenvalue weighted by Gasteiger charge is 1.57. The zero-order valence-corrected chi connectivity index (χ0v) is 8.67. The summed E-state index contributed by atoms with van der Waals surface area (Å²) in [6, 6.07) is 12.0. The third-order valence-electron chi connectivity index (χ3n) is 0.667. The van der Waals surface area contributed by atoms with Gasteiger partial charge in [-0.1, -0.05) is 55.8 Å². The Hall–Kier alpha value is -1.04. The minimum absolute atomic E-state index is 1.17. The molecule has 0 bridgehead atoms. The van der Waals surface area contributed by atoms with E-state index in [1.54, 1.807) is 0 Å². The van der Waals surface area contributed by atoms with E-state index < -0.39 is 0 Å². The van der Waals surface area contributed by atoms with Crippen LogP contribution < -0.4 is 0 Å². The van der Waals surface area contributed by atoms with E-state index in [9.17, 15) is 0 Å². The highest BCUT2D eigenvalue weighted by molar-refractivity contribution is 4.99. The van der Waals surface area contributed by atoms with Crippen LogP contribution in [0.5, 0.6) is 0 Å². The van der Waals surface area contributed by atoms with Gasteiger partial charge in [0.2, 0.25) is 0 Å². The molecule has 1 rings (SSSR count). The van der Waals surface area contributed by atoms with Crippen molar-refractivity contribution in [1.29, 1.82) is 0 Å². The highest BCUT2D eigenvalue weighted by atomic mass is 13.6. The minimum Gasteiger partial charge on any atom is -0.100 e. The third-order valence-corrected chi connectivity index (χ3v) is 0.667. The molecule has 0 heteroatoms. The lowest BCUT2D eigenvalue weighted by Crippen LogP contribution is -1.47. The second-order valence-corrected chi connectivity index (χ2v) is 2.36. The molecule has 0 nitrogen and oxygen atoms in total. The van der Waals surface area contributed by atoms with Gasteiger partial charge in [0, 0.05) is 0 Å². The summed E-state index contributed by atoms with van der Waals surface area (Å²) in [7, 11) is 0. The fourth-order valence-electron chi connectivity index (χ4n) is 0.385. The predicted molar refractivity (Wildman–Crippen MR) is 58.3 cm³/mol. The summed E-state index contributed by atoms with van der Waals surface area (Å²) >= 11 is 0. The molecule has 12 heavy (non-hydrogen) atoms. The van der Waals surface area contributed by atoms with Gasteiger partial charge in [0.05, 0.1) is 0 Å². The SMILES string of the molecule is C=C(C)C.CC.c1ccccc1. The Morgan fingerprint density at radius 2 is 0.833 bits per heavy atom. The van der Waals surface area contributed by atoms with Crippen LogP contribution in [0.2, 0.25) is 0 Å². The summed E-state index contributed by atoms with van der Waals surface area (Å²) < 4.78 is 0. The van der Waals surface area contributed by atoms with Crippen molar-refractivity contribution >= 4 is 0 Å². The Morgan fingerprint density at radius 3 is 0.917 bits per heavy atom. The molecule has 0 aliphatic heterocycles. The molecule has 0 aromatic heterocycles. The quantitative estimate of drug-likeness (QED) is 0.502. The van der Waals surface area contributed by atoms with Gasteiger partial charge in [0.25, 0.3) is 0 Å². The molecule has 68 valence electrons. The summed E-state index contributed by atoms with van der Waals surface area (Å²) in [6.07, 6.45) is 0. The molecule has 1 aromatic rings. The van der Waals surface area contributed by atoms with Gasteiger partial charge in [-0.15, -0.1) is 6.58 Å². The lowest BCUT2D eigenvalue weighted by atomic mass is 10.4. The molecule has 0 amide bonds. The van der Waals surface area contributed by atoms with Crippen LogP contribution >= 0.6 is 0 Å². The van der Waals surface area contributed by atoms with E-state index in [2.05, 4.69) is 6.58 Å². The second kappa shape index (κ2) is 12.6. The minimum atomic E-state index is 1.17. The zero-order chi connectivity index (χ0) is 9.82. The van der Waals surface area contributed by atoms with E-state index in [4.69, 9.17) is 0 Å². The van der Waals surface area contributed by atoms with Crippen LogP contribution in [0.25, 0.3) is 0 Å². The van der Waals surface area contributed by atoms with Crippen molar-refractivity contribution in [3.63, 3.8) is 0 Å². The van der Waals surface area contributed by atoms with Crippen LogP contribution in [0.15, 0.2) is 48.6 Å². The number of allylic oxidation sites excluding steroid dienone is 1. The van der Waals surface area contributed by atoms with E-state index >= 15 is 0 Å². The fourth-order valence-corrected chi connectivity index (χ4v) is 0.385. The number of hydrogen-bond acceptors (Lipinski definition) is 0. The molecule has 0 N–H and O–H groups in total. The first-order valence-electron chi connectivity index (χ1n) is 4.35. The van der Waals surface area contributed by atoms with E-state index in [0.717, 1.165) is 0 Å². The summed E-state index contributed by atoms with van der Waals surface area (Å²) in [4.78, 5) is 0. The summed E-state index contributed by atoms with van der Waals surface area (Å²) in [5.41, 5.74) is 1.17. The molecule has 0 fully saturated rings. The Labute approximate surface area is 76.9 Å². The van der Waals surface area contributed by atoms with Crippen LogP contribution in [0.1, 0.15) is 27.7 Å². The van der Waals surface area contributed by atoms with E-state index in [0.29, 0.717) is 0 Å². The summed E-state index contributed by atoms with van der Waals surface area (Å²) in [6.45, 7) is 11.5. The maximum atomic E-state index is 3.56. The molecule has 0 aliphatic carbocycles. The normalized spacial score (nSPS) is 6.67. The third kappa shape index (κ3) is 23.1. The predicted octanol–water partition coefficient (Wildman–Crippen LogP) is 4.30. The zero-order valence-electron chi connectivity index (χ0n) is 8.67. The van der Waals surface area contributed by atoms with Gasteiger partial charge >= 0.3 is 0 Å². The first kappa shape index (κ1) is 13.5. The first-order chi connectivity index (χ1) is 5.73. The smallest absolute Gasteiger partial charge is 0.0445 e. The standard InChI is InChI=1S/C6H6.C4H8.C2H6/c1-2-4-6-5-3-1;1-4(2)3;1-2/h1-6H;1H2,2-3H3;1-2H3. The summed E-state index contributed by atoms with van der Waals surface area (Å²) in [5.74, 6) is 0. The molecular weight excluding hydrogens is 144 g/mol. The van der Waals surface area contributed by atoms with Gasteiger partial charge < -0.3 is 0 Å². The molecule has 0 atom stereocenters. The van der Waals surface area contributed by atoms with Crippen molar-refractivity contribution in [2.45, 2.75) is 27.7 Å². The Bertz CT molecular complexity index is 132. The van der Waals surface area contributed by atoms with Crippen molar-refractivity contribution < 1.29 is 0 Å². The van der Waals surface area contributed by atoms with Gasteiger partial charge in [0.1, 0.15) is 0 Å². The molecule has 1 aromatic carbocycles. The molecule has 0 saturated carbocycles. The average Bonchev–Trinajstić information content (AvgIpc) is 2.10. The van der Waals surface area contributed by atoms with Crippen molar-refractivity contribution in [3.8, 4) is 0 Å². The van der Waals surface area contributed by atoms with E-state index in [1.807, 2.05) is 64.1 Å². The lowest BCUT2D eigenvalue weighted by molar-refractivity contribution is 1.42. The topological polar surface area (TPSA) is 0 Å². The van der Waals surface area contributed by atoms with Crippen LogP contribution in [-0.4, -0.2) is 0 Å². The van der Waals surface area contributed by atoms with Crippen LogP contribution in [-0.2, 0) is 0 Å². The van der Waals surface area contributed by atoms with Gasteiger partial charge in [-0.2, -0.15) is 0 Å². The average molecular weight is 164 g/mol. The van der Waals surface area contributed by atoms with Crippen molar-refractivity contribution in [2.24, 2.45) is 0 Å². The molecule has 0 radical (unpaired) electrons. The largest absolute Gasteiger partial charge is 0.100 e. The molecule has 0 saturated heterocycles. The molecule has 0 unspecified atom stereocenters. The van der Waals surface area contributed by atoms with Crippen LogP contribution in [0.3, 0.4) is 0 Å². The Morgan fingerprint density at radius 1 is 0.750 bits per heavy atom. The van der Waals surface area contributed by atoms with Crippen molar-refractivity contribution in [3.05, 3.63) is 48.6 Å². The van der Waals surface area contributed by atoms with Gasteiger partial charge in [-0.3, -0.25) is 0 Å². The summed E-state index contributed by atoms with van der Waals surface area (Å²) in [5, 5.41) is 0. The molecular formula is C12H20. The van der Waals surface area contributed by atoms with Crippen molar-refractivity contribution in [1.82, 2.24) is 0 Å². The first-order valence-corrected chi connectivity index (χ1v) is 4.35. The van der Waals surface area contributed by atoms with Crippen LogP contribution in [0, 0.1) is 0 Å². The lowest BCUT2D eigenvalue weighted by Gasteiger charge is -1.69. The highest BCUT2D eigenvalue weighted by Crippen LogP contribution is 1.79. The second-order valence-electron chi connectivity index (χ2n) is 2.36. The molecule has 0 heterocycles. The molecule has 0 spiro atoms. The fraction of sp³-hybridized carbons (Fsp3) is 0.333. The molecule has 0 aliphatic rings. The van der Waals surface area contributed by atoms with Gasteiger partial charge in [-0.05, 0) is 13.8 Å². The number of hydrogen-bond donors (Lipinski definition) is 0. The van der Waals surface area contributed by atoms with Crippen LogP contribution in [0.4, 0.5) is 0 Å². The Kier molecular flexibility index (Phi) is 14.2. The Balaban J connectivity index is 0. The van der Waals surface area contributed by atoms with E-state index in [-0.39, 0.29) is 0 Å². The monoisotopic (exact) mass is 164 g/mol. The van der Waals surface area contributed by atoms with E-state index in [1.165, 1.54) is 5.57 Å². The van der Waals surface area contributed by atoms with Crippen molar-refractivity contribution in [2.75, 3.05) is 0 Å². The number of benzene rings is 1. The number of rotatable bonds is 0. The maximum absolute atomic E-state index is 3.56. The van der Waals surface area contributed by atoms with Gasteiger partial charge in [0.15, 0.2) is 0 Å².